The molecule has 0 heteroatoms. The van der Waals surface area contributed by atoms with Gasteiger partial charge in [-0.25, -0.2) is 0 Å². The first kappa shape index (κ1) is 19.0. The average Bonchev–Trinajstić information content (AvgIpc) is 2.76. The maximum Gasteiger partial charge on any atom is -0.00962 e. The molecule has 0 aliphatic carbocycles. The number of rotatable bonds is 9. The lowest BCUT2D eigenvalue weighted by Gasteiger charge is -2.12. The molecule has 0 atom stereocenters. The summed E-state index contributed by atoms with van der Waals surface area (Å²) in [6.45, 7) is 2.29. The van der Waals surface area contributed by atoms with Gasteiger partial charge < -0.3 is 0 Å². The van der Waals surface area contributed by atoms with Gasteiger partial charge in [-0.05, 0) is 50.7 Å². The van der Waals surface area contributed by atoms with E-state index < -0.39 is 0 Å². The van der Waals surface area contributed by atoms with Crippen LogP contribution in [0.15, 0.2) is 66.7 Å². The van der Waals surface area contributed by atoms with Gasteiger partial charge >= 0.3 is 0 Å². The SMILES string of the molecule is CCCCCCCCCCc1ccc2c3ccccc3c3ccccc3c2c1. The highest BCUT2D eigenvalue weighted by molar-refractivity contribution is 6.25. The van der Waals surface area contributed by atoms with Crippen molar-refractivity contribution in [2.24, 2.45) is 0 Å². The molecule has 0 aliphatic heterocycles. The molecule has 0 unspecified atom stereocenters. The summed E-state index contributed by atoms with van der Waals surface area (Å²) in [5, 5.41) is 8.28. The Bertz CT molecular complexity index is 1020. The third-order valence-corrected chi connectivity index (χ3v) is 6.13. The minimum absolute atomic E-state index is 1.20. The Labute approximate surface area is 169 Å². The van der Waals surface area contributed by atoms with Crippen LogP contribution in [-0.4, -0.2) is 0 Å². The van der Waals surface area contributed by atoms with Crippen molar-refractivity contribution in [1.82, 2.24) is 0 Å². The van der Waals surface area contributed by atoms with Crippen LogP contribution in [0.5, 0.6) is 0 Å². The Balaban J connectivity index is 1.53. The number of hydrogen-bond acceptors (Lipinski definition) is 0. The molecule has 0 heterocycles. The van der Waals surface area contributed by atoms with Crippen LogP contribution in [0.3, 0.4) is 0 Å². The van der Waals surface area contributed by atoms with Crippen molar-refractivity contribution >= 4 is 32.3 Å². The molecule has 0 saturated carbocycles. The van der Waals surface area contributed by atoms with Crippen molar-refractivity contribution in [2.75, 3.05) is 0 Å². The van der Waals surface area contributed by atoms with Crippen LogP contribution >= 0.6 is 0 Å². The Morgan fingerprint density at radius 2 is 0.929 bits per heavy atom. The van der Waals surface area contributed by atoms with E-state index in [0.29, 0.717) is 0 Å². The summed E-state index contributed by atoms with van der Waals surface area (Å²) in [5.74, 6) is 0. The van der Waals surface area contributed by atoms with Gasteiger partial charge in [0.1, 0.15) is 0 Å². The first-order valence-electron chi connectivity index (χ1n) is 11.2. The number of aryl methyl sites for hydroxylation is 1. The summed E-state index contributed by atoms with van der Waals surface area (Å²) in [6, 6.07) is 24.9. The van der Waals surface area contributed by atoms with Crippen LogP contribution in [0.25, 0.3) is 32.3 Å². The van der Waals surface area contributed by atoms with Crippen LogP contribution in [0.2, 0.25) is 0 Å². The monoisotopic (exact) mass is 368 g/mol. The number of unbranched alkanes of at least 4 members (excludes halogenated alkanes) is 7. The fourth-order valence-corrected chi connectivity index (χ4v) is 4.57. The van der Waals surface area contributed by atoms with E-state index >= 15 is 0 Å². The molecule has 0 bridgehead atoms. The van der Waals surface area contributed by atoms with Gasteiger partial charge in [-0.2, -0.15) is 0 Å². The zero-order chi connectivity index (χ0) is 19.2. The van der Waals surface area contributed by atoms with E-state index in [-0.39, 0.29) is 0 Å². The molecule has 0 N–H and O–H groups in total. The van der Waals surface area contributed by atoms with Gasteiger partial charge in [0.25, 0.3) is 0 Å². The first-order valence-corrected chi connectivity index (χ1v) is 11.2. The van der Waals surface area contributed by atoms with E-state index in [1.807, 2.05) is 0 Å². The zero-order valence-corrected chi connectivity index (χ0v) is 17.2. The molecule has 28 heavy (non-hydrogen) atoms. The maximum atomic E-state index is 2.45. The van der Waals surface area contributed by atoms with Gasteiger partial charge in [-0.15, -0.1) is 0 Å². The van der Waals surface area contributed by atoms with Crippen molar-refractivity contribution < 1.29 is 0 Å². The lowest BCUT2D eigenvalue weighted by molar-refractivity contribution is 0.575. The summed E-state index contributed by atoms with van der Waals surface area (Å²) in [7, 11) is 0. The second-order valence-electron chi connectivity index (χ2n) is 8.20. The van der Waals surface area contributed by atoms with E-state index in [4.69, 9.17) is 0 Å². The lowest BCUT2D eigenvalue weighted by Crippen LogP contribution is -1.89. The van der Waals surface area contributed by atoms with Crippen molar-refractivity contribution in [3.63, 3.8) is 0 Å². The Morgan fingerprint density at radius 1 is 0.464 bits per heavy atom. The molecule has 0 fully saturated rings. The molecule has 4 rings (SSSR count). The topological polar surface area (TPSA) is 0 Å². The van der Waals surface area contributed by atoms with Gasteiger partial charge in [0.2, 0.25) is 0 Å². The highest BCUT2D eigenvalue weighted by atomic mass is 14.1. The quantitative estimate of drug-likeness (QED) is 0.204. The van der Waals surface area contributed by atoms with Gasteiger partial charge in [-0.3, -0.25) is 0 Å². The van der Waals surface area contributed by atoms with Crippen molar-refractivity contribution in [3.8, 4) is 0 Å². The van der Waals surface area contributed by atoms with E-state index in [1.165, 1.54) is 95.7 Å². The molecule has 0 nitrogen and oxygen atoms in total. The second kappa shape index (κ2) is 9.24. The summed E-state index contributed by atoms with van der Waals surface area (Å²) in [5.41, 5.74) is 1.49. The van der Waals surface area contributed by atoms with E-state index in [1.54, 1.807) is 0 Å². The van der Waals surface area contributed by atoms with Crippen LogP contribution in [0, 0.1) is 0 Å². The normalized spacial score (nSPS) is 11.6. The zero-order valence-electron chi connectivity index (χ0n) is 17.2. The molecule has 0 aromatic heterocycles. The summed E-state index contributed by atoms with van der Waals surface area (Å²) < 4.78 is 0. The van der Waals surface area contributed by atoms with E-state index in [0.717, 1.165) is 0 Å². The largest absolute Gasteiger partial charge is 0.0654 e. The van der Waals surface area contributed by atoms with Gasteiger partial charge in [0.05, 0.1) is 0 Å². The number of benzene rings is 4. The highest BCUT2D eigenvalue weighted by Crippen LogP contribution is 2.35. The van der Waals surface area contributed by atoms with Crippen molar-refractivity contribution in [2.45, 2.75) is 64.7 Å². The van der Waals surface area contributed by atoms with Gasteiger partial charge in [0.15, 0.2) is 0 Å². The predicted molar refractivity (Wildman–Crippen MR) is 125 cm³/mol. The van der Waals surface area contributed by atoms with Gasteiger partial charge in [0, 0.05) is 0 Å². The molecule has 4 aromatic rings. The van der Waals surface area contributed by atoms with Gasteiger partial charge in [-0.1, -0.05) is 119 Å². The minimum atomic E-state index is 1.20. The molecule has 4 aromatic carbocycles. The van der Waals surface area contributed by atoms with Crippen LogP contribution in [-0.2, 0) is 6.42 Å². The average molecular weight is 369 g/mol. The van der Waals surface area contributed by atoms with E-state index in [9.17, 15) is 0 Å². The third kappa shape index (κ3) is 4.07. The standard InChI is InChI=1S/C28H32/c1-2-3-4-5-6-7-8-9-14-22-19-20-27-25-17-11-10-15-23(25)24-16-12-13-18-26(24)28(27)21-22/h10-13,15-21H,2-9,14H2,1H3. The molecule has 0 aliphatic rings. The van der Waals surface area contributed by atoms with Crippen LogP contribution in [0.1, 0.15) is 63.9 Å². The molecule has 0 radical (unpaired) electrons. The van der Waals surface area contributed by atoms with Crippen molar-refractivity contribution in [3.05, 3.63) is 72.3 Å². The van der Waals surface area contributed by atoms with Crippen LogP contribution < -0.4 is 0 Å². The number of fused-ring (bicyclic) bond motifs is 6. The lowest BCUT2D eigenvalue weighted by atomic mass is 9.92. The first-order chi connectivity index (χ1) is 13.9. The summed E-state index contributed by atoms with van der Waals surface area (Å²) >= 11 is 0. The minimum Gasteiger partial charge on any atom is -0.0654 e. The predicted octanol–water partition coefficient (Wildman–Crippen LogP) is 8.83. The summed E-state index contributed by atoms with van der Waals surface area (Å²) in [6.07, 6.45) is 12.3. The molecular formula is C28H32. The molecular weight excluding hydrogens is 336 g/mol. The Morgan fingerprint density at radius 3 is 1.50 bits per heavy atom. The smallest absolute Gasteiger partial charge is 0.00962 e. The third-order valence-electron chi connectivity index (χ3n) is 6.13. The van der Waals surface area contributed by atoms with E-state index in [2.05, 4.69) is 73.7 Å². The highest BCUT2D eigenvalue weighted by Gasteiger charge is 2.08. The van der Waals surface area contributed by atoms with Crippen molar-refractivity contribution in [1.29, 1.82) is 0 Å². The Kier molecular flexibility index (Phi) is 6.27. The second-order valence-corrected chi connectivity index (χ2v) is 8.20. The molecule has 0 amide bonds. The van der Waals surface area contributed by atoms with Crippen LogP contribution in [0.4, 0.5) is 0 Å². The fraction of sp³-hybridized carbons (Fsp3) is 0.357. The summed E-state index contributed by atoms with van der Waals surface area (Å²) in [4.78, 5) is 0. The molecule has 0 saturated heterocycles. The maximum absolute atomic E-state index is 2.45. The molecule has 144 valence electrons. The Hall–Kier alpha value is -2.34. The fourth-order valence-electron chi connectivity index (χ4n) is 4.57. The molecule has 0 spiro atoms. The number of hydrogen-bond donors (Lipinski definition) is 0.